The Kier molecular flexibility index (Phi) is 4.93. The van der Waals surface area contributed by atoms with Crippen LogP contribution in [-0.2, 0) is 9.47 Å². The summed E-state index contributed by atoms with van der Waals surface area (Å²) >= 11 is 0. The molecule has 0 saturated carbocycles. The Bertz CT molecular complexity index is 668. The number of imidazole rings is 1. The number of nitrogens with zero attached hydrogens (tertiary/aromatic N) is 3. The zero-order valence-electron chi connectivity index (χ0n) is 13.6. The van der Waals surface area contributed by atoms with Gasteiger partial charge < -0.3 is 13.9 Å². The van der Waals surface area contributed by atoms with Crippen LogP contribution in [0.4, 0.5) is 0 Å². The molecule has 3 heterocycles. The number of hydrogen-bond donors (Lipinski definition) is 0. The number of carbonyl (C=O) groups excluding carboxylic acids is 1. The smallest absolute Gasteiger partial charge is 0.338 e. The number of carbonyl (C=O) groups is 1. The van der Waals surface area contributed by atoms with Crippen molar-refractivity contribution in [2.75, 3.05) is 32.8 Å². The number of pyridine rings is 1. The van der Waals surface area contributed by atoms with Crippen molar-refractivity contribution in [3.63, 3.8) is 0 Å². The van der Waals surface area contributed by atoms with Crippen molar-refractivity contribution in [3.8, 4) is 0 Å². The van der Waals surface area contributed by atoms with E-state index in [-0.39, 0.29) is 18.7 Å². The van der Waals surface area contributed by atoms with Gasteiger partial charge in [-0.2, -0.15) is 0 Å². The summed E-state index contributed by atoms with van der Waals surface area (Å²) in [7, 11) is 0. The van der Waals surface area contributed by atoms with Gasteiger partial charge in [0.2, 0.25) is 0 Å². The number of rotatable bonds is 5. The summed E-state index contributed by atoms with van der Waals surface area (Å²) in [5, 5.41) is 0. The highest BCUT2D eigenvalue weighted by Gasteiger charge is 2.22. The number of fused-ring (bicyclic) bond motifs is 1. The fraction of sp³-hybridized carbons (Fsp3) is 0.529. The second kappa shape index (κ2) is 7.10. The Hall–Kier alpha value is -1.92. The topological polar surface area (TPSA) is 56.1 Å². The Morgan fingerprint density at radius 1 is 1.52 bits per heavy atom. The Balaban J connectivity index is 1.53. The van der Waals surface area contributed by atoms with Gasteiger partial charge in [-0.05, 0) is 18.1 Å². The molecule has 23 heavy (non-hydrogen) atoms. The Morgan fingerprint density at radius 2 is 2.39 bits per heavy atom. The van der Waals surface area contributed by atoms with Gasteiger partial charge in [0.25, 0.3) is 0 Å². The van der Waals surface area contributed by atoms with Crippen molar-refractivity contribution in [1.82, 2.24) is 14.3 Å². The number of morpholine rings is 1. The molecule has 0 aliphatic carbocycles. The highest BCUT2D eigenvalue weighted by molar-refractivity contribution is 5.90. The average Bonchev–Trinajstić information content (AvgIpc) is 3.00. The molecule has 0 bridgehead atoms. The van der Waals surface area contributed by atoms with Crippen LogP contribution in [0, 0.1) is 5.92 Å². The zero-order chi connectivity index (χ0) is 16.2. The lowest BCUT2D eigenvalue weighted by atomic mass is 10.2. The van der Waals surface area contributed by atoms with E-state index < -0.39 is 0 Å². The van der Waals surface area contributed by atoms with Crippen molar-refractivity contribution in [3.05, 3.63) is 36.4 Å². The molecule has 3 rings (SSSR count). The summed E-state index contributed by atoms with van der Waals surface area (Å²) in [6.07, 6.45) is 5.17. The lowest BCUT2D eigenvalue weighted by molar-refractivity contribution is -0.0612. The van der Waals surface area contributed by atoms with E-state index in [4.69, 9.17) is 9.47 Å². The number of esters is 1. The van der Waals surface area contributed by atoms with Crippen LogP contribution < -0.4 is 0 Å². The maximum Gasteiger partial charge on any atom is 0.338 e. The van der Waals surface area contributed by atoms with Crippen molar-refractivity contribution in [1.29, 1.82) is 0 Å². The molecule has 2 aromatic rings. The largest absolute Gasteiger partial charge is 0.459 e. The minimum atomic E-state index is -0.321. The van der Waals surface area contributed by atoms with Crippen LogP contribution in [-0.4, -0.2) is 59.2 Å². The second-order valence-corrected chi connectivity index (χ2v) is 6.39. The predicted molar refractivity (Wildman–Crippen MR) is 86.5 cm³/mol. The molecule has 6 heteroatoms. The van der Waals surface area contributed by atoms with E-state index in [0.29, 0.717) is 18.1 Å². The molecule has 124 valence electrons. The van der Waals surface area contributed by atoms with Gasteiger partial charge in [-0.1, -0.05) is 13.8 Å². The van der Waals surface area contributed by atoms with E-state index in [1.54, 1.807) is 30.9 Å². The van der Waals surface area contributed by atoms with E-state index in [9.17, 15) is 4.79 Å². The van der Waals surface area contributed by atoms with Crippen LogP contribution >= 0.6 is 0 Å². The molecule has 0 amide bonds. The number of ether oxygens (including phenoxy) is 2. The molecule has 1 atom stereocenters. The van der Waals surface area contributed by atoms with Crippen LogP contribution in [0.3, 0.4) is 0 Å². The van der Waals surface area contributed by atoms with Gasteiger partial charge in [0.1, 0.15) is 12.7 Å². The molecule has 0 spiro atoms. The van der Waals surface area contributed by atoms with E-state index in [0.717, 1.165) is 25.2 Å². The first-order valence-corrected chi connectivity index (χ1v) is 8.04. The fourth-order valence-electron chi connectivity index (χ4n) is 2.86. The molecule has 0 unspecified atom stereocenters. The lowest BCUT2D eigenvalue weighted by Crippen LogP contribution is -2.45. The summed E-state index contributed by atoms with van der Waals surface area (Å²) in [6.45, 7) is 8.20. The predicted octanol–water partition coefficient (Wildman–Crippen LogP) is 1.85. The molecule has 1 saturated heterocycles. The van der Waals surface area contributed by atoms with Crippen LogP contribution in [0.25, 0.3) is 5.52 Å². The maximum atomic E-state index is 12.2. The van der Waals surface area contributed by atoms with E-state index in [1.165, 1.54) is 0 Å². The molecular weight excluding hydrogens is 294 g/mol. The molecule has 6 nitrogen and oxygen atoms in total. The Morgan fingerprint density at radius 3 is 3.22 bits per heavy atom. The number of aromatic nitrogens is 2. The molecule has 0 aromatic carbocycles. The van der Waals surface area contributed by atoms with Gasteiger partial charge in [-0.25, -0.2) is 9.78 Å². The summed E-state index contributed by atoms with van der Waals surface area (Å²) < 4.78 is 13.0. The summed E-state index contributed by atoms with van der Waals surface area (Å²) in [5.41, 5.74) is 1.41. The second-order valence-electron chi connectivity index (χ2n) is 6.39. The van der Waals surface area contributed by atoms with Gasteiger partial charge >= 0.3 is 5.97 Å². The van der Waals surface area contributed by atoms with Crippen molar-refractivity contribution in [2.45, 2.75) is 20.0 Å². The average molecular weight is 317 g/mol. The minimum Gasteiger partial charge on any atom is -0.459 e. The standard InChI is InChI=1S/C17H23N3O3/c1-13(2)9-19-5-6-22-16(10-19)11-23-17(21)14-3-4-20-12-18-8-15(20)7-14/h3-4,7-8,12-13,16H,5-6,9-11H2,1-2H3/t16-/m1/s1. The SMILES string of the molecule is CC(C)CN1CCO[C@@H](COC(=O)c2ccn3cncc3c2)C1. The third-order valence-corrected chi connectivity index (χ3v) is 3.90. The van der Waals surface area contributed by atoms with Crippen LogP contribution in [0.1, 0.15) is 24.2 Å². The molecule has 0 radical (unpaired) electrons. The molecular formula is C17H23N3O3. The van der Waals surface area contributed by atoms with Crippen LogP contribution in [0.15, 0.2) is 30.9 Å². The summed E-state index contributed by atoms with van der Waals surface area (Å²) in [5.74, 6) is 0.303. The van der Waals surface area contributed by atoms with Crippen molar-refractivity contribution < 1.29 is 14.3 Å². The molecule has 1 fully saturated rings. The van der Waals surface area contributed by atoms with Crippen LogP contribution in [0.2, 0.25) is 0 Å². The van der Waals surface area contributed by atoms with Gasteiger partial charge in [0, 0.05) is 25.8 Å². The third kappa shape index (κ3) is 4.09. The molecule has 1 aliphatic heterocycles. The molecule has 2 aromatic heterocycles. The normalized spacial score (nSPS) is 19.3. The lowest BCUT2D eigenvalue weighted by Gasteiger charge is -2.33. The van der Waals surface area contributed by atoms with E-state index in [2.05, 4.69) is 23.7 Å². The summed E-state index contributed by atoms with van der Waals surface area (Å²) in [4.78, 5) is 18.6. The highest BCUT2D eigenvalue weighted by atomic mass is 16.6. The minimum absolute atomic E-state index is 0.0508. The Labute approximate surface area is 136 Å². The first-order valence-electron chi connectivity index (χ1n) is 8.04. The quantitative estimate of drug-likeness (QED) is 0.788. The molecule has 0 N–H and O–H groups in total. The van der Waals surface area contributed by atoms with Crippen molar-refractivity contribution in [2.24, 2.45) is 5.92 Å². The highest BCUT2D eigenvalue weighted by Crippen LogP contribution is 2.11. The van der Waals surface area contributed by atoms with Crippen LogP contribution in [0.5, 0.6) is 0 Å². The first-order chi connectivity index (χ1) is 11.1. The van der Waals surface area contributed by atoms with Gasteiger partial charge in [-0.3, -0.25) is 4.90 Å². The third-order valence-electron chi connectivity index (χ3n) is 3.90. The van der Waals surface area contributed by atoms with Gasteiger partial charge in [0.15, 0.2) is 0 Å². The zero-order valence-corrected chi connectivity index (χ0v) is 13.6. The van der Waals surface area contributed by atoms with E-state index >= 15 is 0 Å². The molecule has 1 aliphatic rings. The van der Waals surface area contributed by atoms with Gasteiger partial charge in [0.05, 0.1) is 30.2 Å². The first kappa shape index (κ1) is 16.0. The van der Waals surface area contributed by atoms with E-state index in [1.807, 2.05) is 4.40 Å². The monoisotopic (exact) mass is 317 g/mol. The van der Waals surface area contributed by atoms with Crippen molar-refractivity contribution >= 4 is 11.5 Å². The maximum absolute atomic E-state index is 12.2. The fourth-order valence-corrected chi connectivity index (χ4v) is 2.86. The number of hydrogen-bond acceptors (Lipinski definition) is 5. The van der Waals surface area contributed by atoms with Gasteiger partial charge in [-0.15, -0.1) is 0 Å². The summed E-state index contributed by atoms with van der Waals surface area (Å²) in [6, 6.07) is 3.52.